The molecule has 0 saturated carbocycles. The van der Waals surface area contributed by atoms with Gasteiger partial charge in [-0.1, -0.05) is 6.07 Å². The third-order valence-corrected chi connectivity index (χ3v) is 3.33. The molecule has 0 aromatic heterocycles. The van der Waals surface area contributed by atoms with Crippen LogP contribution in [0.1, 0.15) is 18.4 Å². The van der Waals surface area contributed by atoms with Gasteiger partial charge in [-0.15, -0.1) is 12.4 Å². The molecule has 1 N–H and O–H groups in total. The molecule has 2 aliphatic rings. The van der Waals surface area contributed by atoms with E-state index in [0.29, 0.717) is 6.42 Å². The first-order valence-corrected chi connectivity index (χ1v) is 5.46. The van der Waals surface area contributed by atoms with Crippen LogP contribution in [-0.2, 0) is 6.42 Å². The van der Waals surface area contributed by atoms with E-state index in [2.05, 4.69) is 5.32 Å². The van der Waals surface area contributed by atoms with Crippen molar-refractivity contribution in [3.8, 4) is 5.75 Å². The van der Waals surface area contributed by atoms with E-state index in [4.69, 9.17) is 4.74 Å². The minimum absolute atomic E-state index is 0. The molecule has 1 saturated heterocycles. The molecule has 1 aromatic carbocycles. The van der Waals surface area contributed by atoms with E-state index in [9.17, 15) is 4.39 Å². The highest BCUT2D eigenvalue weighted by atomic mass is 35.5. The van der Waals surface area contributed by atoms with Crippen molar-refractivity contribution in [1.82, 2.24) is 5.32 Å². The van der Waals surface area contributed by atoms with E-state index >= 15 is 0 Å². The fourth-order valence-electron chi connectivity index (χ4n) is 2.58. The van der Waals surface area contributed by atoms with Crippen molar-refractivity contribution in [3.63, 3.8) is 0 Å². The Labute approximate surface area is 101 Å². The van der Waals surface area contributed by atoms with E-state index < -0.39 is 0 Å². The minimum Gasteiger partial charge on any atom is -0.485 e. The monoisotopic (exact) mass is 243 g/mol. The van der Waals surface area contributed by atoms with Crippen LogP contribution in [0.25, 0.3) is 0 Å². The zero-order valence-electron chi connectivity index (χ0n) is 8.96. The van der Waals surface area contributed by atoms with Gasteiger partial charge < -0.3 is 10.1 Å². The first-order valence-electron chi connectivity index (χ1n) is 5.46. The standard InChI is InChI=1S/C12H14FNO.ClH/c13-10-3-1-4-11-9(10)7-12(15-11)5-2-6-14-8-12;/h1,3-4,14H,2,5-8H2;1H. The van der Waals surface area contributed by atoms with E-state index in [-0.39, 0.29) is 23.8 Å². The summed E-state index contributed by atoms with van der Waals surface area (Å²) in [5.74, 6) is 0.605. The van der Waals surface area contributed by atoms with E-state index in [1.165, 1.54) is 6.07 Å². The van der Waals surface area contributed by atoms with E-state index in [1.807, 2.05) is 6.07 Å². The average molecular weight is 244 g/mol. The lowest BCUT2D eigenvalue weighted by molar-refractivity contribution is 0.0659. The number of rotatable bonds is 0. The van der Waals surface area contributed by atoms with Crippen molar-refractivity contribution in [2.75, 3.05) is 13.1 Å². The van der Waals surface area contributed by atoms with Gasteiger partial charge in [0.1, 0.15) is 17.2 Å². The summed E-state index contributed by atoms with van der Waals surface area (Å²) in [7, 11) is 0. The molecule has 4 heteroatoms. The van der Waals surface area contributed by atoms with Gasteiger partial charge in [0, 0.05) is 18.5 Å². The summed E-state index contributed by atoms with van der Waals surface area (Å²) >= 11 is 0. The summed E-state index contributed by atoms with van der Waals surface area (Å²) in [6.07, 6.45) is 2.84. The Morgan fingerprint density at radius 1 is 1.38 bits per heavy atom. The average Bonchev–Trinajstić information content (AvgIpc) is 2.59. The molecule has 16 heavy (non-hydrogen) atoms. The molecule has 1 unspecified atom stereocenters. The molecular formula is C12H15ClFNO. The summed E-state index contributed by atoms with van der Waals surface area (Å²) in [4.78, 5) is 0. The van der Waals surface area contributed by atoms with Crippen LogP contribution in [0.4, 0.5) is 4.39 Å². The highest BCUT2D eigenvalue weighted by Gasteiger charge is 2.41. The molecular weight excluding hydrogens is 229 g/mol. The van der Waals surface area contributed by atoms with E-state index in [1.54, 1.807) is 6.07 Å². The van der Waals surface area contributed by atoms with Crippen molar-refractivity contribution in [2.45, 2.75) is 24.9 Å². The number of hydrogen-bond acceptors (Lipinski definition) is 2. The maximum Gasteiger partial charge on any atom is 0.130 e. The molecule has 3 rings (SSSR count). The lowest BCUT2D eigenvalue weighted by atomic mass is 9.89. The smallest absolute Gasteiger partial charge is 0.130 e. The number of benzene rings is 1. The van der Waals surface area contributed by atoms with Crippen LogP contribution in [-0.4, -0.2) is 18.7 Å². The van der Waals surface area contributed by atoms with Gasteiger partial charge in [0.15, 0.2) is 0 Å². The Morgan fingerprint density at radius 3 is 2.94 bits per heavy atom. The van der Waals surface area contributed by atoms with Gasteiger partial charge in [-0.3, -0.25) is 0 Å². The molecule has 2 nitrogen and oxygen atoms in total. The number of piperidine rings is 1. The van der Waals surface area contributed by atoms with Crippen LogP contribution < -0.4 is 10.1 Å². The van der Waals surface area contributed by atoms with Crippen LogP contribution in [0.3, 0.4) is 0 Å². The summed E-state index contributed by atoms with van der Waals surface area (Å²) in [5, 5.41) is 3.32. The lowest BCUT2D eigenvalue weighted by Gasteiger charge is -2.33. The van der Waals surface area contributed by atoms with Crippen molar-refractivity contribution in [3.05, 3.63) is 29.6 Å². The van der Waals surface area contributed by atoms with E-state index in [0.717, 1.165) is 37.2 Å². The molecule has 0 aliphatic carbocycles. The predicted molar refractivity (Wildman–Crippen MR) is 62.8 cm³/mol. The third-order valence-electron chi connectivity index (χ3n) is 3.33. The summed E-state index contributed by atoms with van der Waals surface area (Å²) in [6, 6.07) is 5.09. The number of hydrogen-bond donors (Lipinski definition) is 1. The Hall–Kier alpha value is -0.800. The van der Waals surface area contributed by atoms with Crippen molar-refractivity contribution in [2.24, 2.45) is 0 Å². The SMILES string of the molecule is Cl.Fc1cccc2c1CC1(CCCNC1)O2. The molecule has 1 fully saturated rings. The molecule has 1 aromatic rings. The summed E-state index contributed by atoms with van der Waals surface area (Å²) in [6.45, 7) is 1.88. The largest absolute Gasteiger partial charge is 0.485 e. The Bertz CT molecular complexity index is 391. The highest BCUT2D eigenvalue weighted by Crippen LogP contribution is 2.39. The number of fused-ring (bicyclic) bond motifs is 1. The topological polar surface area (TPSA) is 21.3 Å². The maximum absolute atomic E-state index is 13.5. The number of nitrogens with one attached hydrogen (secondary N) is 1. The van der Waals surface area contributed by atoms with Crippen molar-refractivity contribution >= 4 is 12.4 Å². The van der Waals surface area contributed by atoms with Gasteiger partial charge >= 0.3 is 0 Å². The molecule has 2 heterocycles. The summed E-state index contributed by atoms with van der Waals surface area (Å²) < 4.78 is 19.4. The Balaban J connectivity index is 0.000000963. The normalized spacial score (nSPS) is 27.1. The highest BCUT2D eigenvalue weighted by molar-refractivity contribution is 5.85. The van der Waals surface area contributed by atoms with Gasteiger partial charge in [-0.25, -0.2) is 4.39 Å². The number of ether oxygens (including phenoxy) is 1. The van der Waals surface area contributed by atoms with Gasteiger partial charge in [0.05, 0.1) is 0 Å². The van der Waals surface area contributed by atoms with Gasteiger partial charge in [-0.2, -0.15) is 0 Å². The Kier molecular flexibility index (Phi) is 3.08. The fourth-order valence-corrected chi connectivity index (χ4v) is 2.58. The van der Waals surface area contributed by atoms with Crippen molar-refractivity contribution in [1.29, 1.82) is 0 Å². The second-order valence-corrected chi connectivity index (χ2v) is 4.46. The van der Waals surface area contributed by atoms with Crippen LogP contribution in [0.5, 0.6) is 5.75 Å². The molecule has 88 valence electrons. The van der Waals surface area contributed by atoms with Crippen LogP contribution in [0, 0.1) is 5.82 Å². The molecule has 2 aliphatic heterocycles. The zero-order chi connectivity index (χ0) is 10.3. The second kappa shape index (κ2) is 4.22. The summed E-state index contributed by atoms with van der Waals surface area (Å²) in [5.41, 5.74) is 0.573. The van der Waals surface area contributed by atoms with Gasteiger partial charge in [-0.05, 0) is 31.5 Å². The molecule has 1 atom stereocenters. The molecule has 0 bridgehead atoms. The molecule has 1 spiro atoms. The number of halogens is 2. The Morgan fingerprint density at radius 2 is 2.25 bits per heavy atom. The van der Waals surface area contributed by atoms with Crippen molar-refractivity contribution < 1.29 is 9.13 Å². The first-order chi connectivity index (χ1) is 7.29. The fraction of sp³-hybridized carbons (Fsp3) is 0.500. The second-order valence-electron chi connectivity index (χ2n) is 4.46. The van der Waals surface area contributed by atoms with Crippen LogP contribution in [0.15, 0.2) is 18.2 Å². The third kappa shape index (κ3) is 1.78. The maximum atomic E-state index is 13.5. The molecule has 0 amide bonds. The van der Waals surface area contributed by atoms with Gasteiger partial charge in [0.2, 0.25) is 0 Å². The quantitative estimate of drug-likeness (QED) is 0.755. The molecule has 0 radical (unpaired) electrons. The zero-order valence-corrected chi connectivity index (χ0v) is 9.78. The van der Waals surface area contributed by atoms with Gasteiger partial charge in [0.25, 0.3) is 0 Å². The van der Waals surface area contributed by atoms with Crippen LogP contribution >= 0.6 is 12.4 Å². The lowest BCUT2D eigenvalue weighted by Crippen LogP contribution is -2.49. The predicted octanol–water partition coefficient (Wildman–Crippen LogP) is 2.30. The van der Waals surface area contributed by atoms with Crippen LogP contribution in [0.2, 0.25) is 0 Å². The minimum atomic E-state index is -0.178. The first kappa shape index (κ1) is 11.7.